The summed E-state index contributed by atoms with van der Waals surface area (Å²) in [5.41, 5.74) is -0.829. The Hall–Kier alpha value is -2.25. The van der Waals surface area contributed by atoms with Crippen LogP contribution in [-0.2, 0) is 15.8 Å². The topological polar surface area (TPSA) is 66.8 Å². The molecule has 1 aromatic carbocycles. The van der Waals surface area contributed by atoms with Crippen molar-refractivity contribution in [3.63, 3.8) is 0 Å². The van der Waals surface area contributed by atoms with E-state index in [1.54, 1.807) is 4.90 Å². The zero-order valence-electron chi connectivity index (χ0n) is 13.6. The molecule has 0 aliphatic carbocycles. The van der Waals surface area contributed by atoms with E-state index in [1.165, 1.54) is 12.1 Å². The lowest BCUT2D eigenvalue weighted by molar-refractivity contribution is -0.138. The predicted octanol–water partition coefficient (Wildman–Crippen LogP) is 3.19. The molecule has 1 heterocycles. The number of carboxylic acid groups (broad SMARTS) is 1. The van der Waals surface area contributed by atoms with Gasteiger partial charge in [-0.05, 0) is 43.4 Å². The second kappa shape index (κ2) is 8.22. The van der Waals surface area contributed by atoms with Gasteiger partial charge < -0.3 is 14.7 Å². The molecule has 0 aromatic heterocycles. The van der Waals surface area contributed by atoms with Crippen LogP contribution in [0.2, 0.25) is 0 Å². The Kier molecular flexibility index (Phi) is 6.27. The Morgan fingerprint density at radius 3 is 2.76 bits per heavy atom. The van der Waals surface area contributed by atoms with Crippen molar-refractivity contribution in [3.8, 4) is 5.75 Å². The molecule has 0 saturated carbocycles. The van der Waals surface area contributed by atoms with Crippen LogP contribution in [0.5, 0.6) is 5.75 Å². The number of carbonyl (C=O) groups excluding carboxylic acids is 1. The van der Waals surface area contributed by atoms with Gasteiger partial charge in [0.25, 0.3) is 5.91 Å². The van der Waals surface area contributed by atoms with Gasteiger partial charge in [-0.2, -0.15) is 13.2 Å². The van der Waals surface area contributed by atoms with Crippen LogP contribution in [0.15, 0.2) is 24.3 Å². The van der Waals surface area contributed by atoms with Crippen LogP contribution in [0.1, 0.15) is 31.2 Å². The van der Waals surface area contributed by atoms with Crippen molar-refractivity contribution in [1.29, 1.82) is 0 Å². The summed E-state index contributed by atoms with van der Waals surface area (Å²) in [6, 6.07) is 4.39. The average Bonchev–Trinajstić information content (AvgIpc) is 2.57. The first-order valence-electron chi connectivity index (χ1n) is 8.05. The smallest absolute Gasteiger partial charge is 0.416 e. The molecule has 8 heteroatoms. The number of halogens is 3. The van der Waals surface area contributed by atoms with Crippen LogP contribution in [0.25, 0.3) is 0 Å². The van der Waals surface area contributed by atoms with E-state index in [-0.39, 0.29) is 30.6 Å². The second-order valence-corrected chi connectivity index (χ2v) is 6.09. The molecule has 0 unspecified atom stereocenters. The first kappa shape index (κ1) is 19.1. The van der Waals surface area contributed by atoms with Crippen LogP contribution in [0, 0.1) is 5.92 Å². The van der Waals surface area contributed by atoms with Crippen molar-refractivity contribution >= 4 is 11.9 Å². The number of rotatable bonds is 6. The predicted molar refractivity (Wildman–Crippen MR) is 83.1 cm³/mol. The molecule has 0 bridgehead atoms. The molecule has 2 rings (SSSR count). The highest BCUT2D eigenvalue weighted by Crippen LogP contribution is 2.31. The Bertz CT molecular complexity index is 618. The number of hydrogen-bond donors (Lipinski definition) is 1. The van der Waals surface area contributed by atoms with E-state index in [2.05, 4.69) is 0 Å². The molecule has 138 valence electrons. The van der Waals surface area contributed by atoms with Crippen molar-refractivity contribution in [3.05, 3.63) is 29.8 Å². The summed E-state index contributed by atoms with van der Waals surface area (Å²) in [6.45, 7) is 0.666. The number of ether oxygens (including phenoxy) is 1. The Morgan fingerprint density at radius 1 is 1.32 bits per heavy atom. The molecule has 1 atom stereocenters. The van der Waals surface area contributed by atoms with E-state index >= 15 is 0 Å². The monoisotopic (exact) mass is 359 g/mol. The van der Waals surface area contributed by atoms with Gasteiger partial charge in [0, 0.05) is 19.5 Å². The van der Waals surface area contributed by atoms with Crippen LogP contribution in [-0.4, -0.2) is 41.6 Å². The Morgan fingerprint density at radius 2 is 2.08 bits per heavy atom. The van der Waals surface area contributed by atoms with E-state index in [9.17, 15) is 22.8 Å². The summed E-state index contributed by atoms with van der Waals surface area (Å²) >= 11 is 0. The van der Waals surface area contributed by atoms with Gasteiger partial charge in [-0.15, -0.1) is 0 Å². The molecule has 1 fully saturated rings. The summed E-state index contributed by atoms with van der Waals surface area (Å²) in [4.78, 5) is 24.4. The summed E-state index contributed by atoms with van der Waals surface area (Å²) in [7, 11) is 0. The molecular formula is C17H20F3NO4. The van der Waals surface area contributed by atoms with E-state index in [4.69, 9.17) is 9.84 Å². The van der Waals surface area contributed by atoms with E-state index in [0.29, 0.717) is 19.5 Å². The maximum atomic E-state index is 12.7. The van der Waals surface area contributed by atoms with E-state index < -0.39 is 17.7 Å². The van der Waals surface area contributed by atoms with Crippen molar-refractivity contribution in [2.24, 2.45) is 5.92 Å². The summed E-state index contributed by atoms with van der Waals surface area (Å²) < 4.78 is 43.2. The SMILES string of the molecule is O=C(O)CC[C@H]1CCCN(C(=O)COc2cccc(C(F)(F)F)c2)C1. The normalized spacial score (nSPS) is 18.0. The van der Waals surface area contributed by atoms with Gasteiger partial charge in [-0.25, -0.2) is 0 Å². The zero-order chi connectivity index (χ0) is 18.4. The third-order valence-electron chi connectivity index (χ3n) is 4.16. The van der Waals surface area contributed by atoms with Gasteiger partial charge in [-0.1, -0.05) is 6.07 Å². The maximum Gasteiger partial charge on any atom is 0.416 e. The number of carboxylic acids is 1. The molecule has 1 saturated heterocycles. The molecule has 1 N–H and O–H groups in total. The number of alkyl halides is 3. The molecule has 1 aliphatic heterocycles. The molecule has 0 spiro atoms. The summed E-state index contributed by atoms with van der Waals surface area (Å²) in [5, 5.41) is 8.73. The highest BCUT2D eigenvalue weighted by molar-refractivity contribution is 5.77. The Labute approximate surface area is 143 Å². The van der Waals surface area contributed by atoms with Crippen molar-refractivity contribution in [1.82, 2.24) is 4.90 Å². The minimum Gasteiger partial charge on any atom is -0.484 e. The largest absolute Gasteiger partial charge is 0.484 e. The molecular weight excluding hydrogens is 339 g/mol. The fourth-order valence-corrected chi connectivity index (χ4v) is 2.85. The summed E-state index contributed by atoms with van der Waals surface area (Å²) in [6.07, 6.45) is -2.25. The first-order valence-corrected chi connectivity index (χ1v) is 8.05. The highest BCUT2D eigenvalue weighted by Gasteiger charge is 2.30. The summed E-state index contributed by atoms with van der Waals surface area (Å²) in [5.74, 6) is -1.06. The van der Waals surface area contributed by atoms with Crippen LogP contribution in [0.3, 0.4) is 0 Å². The second-order valence-electron chi connectivity index (χ2n) is 6.09. The van der Waals surface area contributed by atoms with Crippen molar-refractivity contribution in [2.75, 3.05) is 19.7 Å². The third-order valence-corrected chi connectivity index (χ3v) is 4.16. The number of likely N-dealkylation sites (tertiary alicyclic amines) is 1. The fraction of sp³-hybridized carbons (Fsp3) is 0.529. The number of hydrogen-bond acceptors (Lipinski definition) is 3. The van der Waals surface area contributed by atoms with Crippen LogP contribution in [0.4, 0.5) is 13.2 Å². The zero-order valence-corrected chi connectivity index (χ0v) is 13.6. The minimum absolute atomic E-state index is 0.0115. The number of amides is 1. The van der Waals surface area contributed by atoms with Crippen LogP contribution < -0.4 is 4.74 Å². The number of aliphatic carboxylic acids is 1. The quantitative estimate of drug-likeness (QED) is 0.847. The number of nitrogens with zero attached hydrogens (tertiary/aromatic N) is 1. The van der Waals surface area contributed by atoms with Crippen molar-refractivity contribution < 1.29 is 32.6 Å². The maximum absolute atomic E-state index is 12.7. The molecule has 25 heavy (non-hydrogen) atoms. The van der Waals surface area contributed by atoms with Crippen molar-refractivity contribution in [2.45, 2.75) is 31.9 Å². The van der Waals surface area contributed by atoms with Gasteiger partial charge in [0.1, 0.15) is 5.75 Å². The molecule has 5 nitrogen and oxygen atoms in total. The lowest BCUT2D eigenvalue weighted by atomic mass is 9.93. The fourth-order valence-electron chi connectivity index (χ4n) is 2.85. The Balaban J connectivity index is 1.86. The van der Waals surface area contributed by atoms with E-state index in [1.807, 2.05) is 0 Å². The lowest BCUT2D eigenvalue weighted by Gasteiger charge is -2.32. The molecule has 1 amide bonds. The average molecular weight is 359 g/mol. The van der Waals surface area contributed by atoms with E-state index in [0.717, 1.165) is 25.0 Å². The van der Waals surface area contributed by atoms with Gasteiger partial charge in [0.05, 0.1) is 5.56 Å². The molecule has 1 aromatic rings. The number of benzene rings is 1. The highest BCUT2D eigenvalue weighted by atomic mass is 19.4. The number of piperidine rings is 1. The molecule has 1 aliphatic rings. The van der Waals surface area contributed by atoms with Gasteiger partial charge >= 0.3 is 12.1 Å². The standard InChI is InChI=1S/C17H20F3NO4/c18-17(19,20)13-4-1-5-14(9-13)25-11-15(22)21-8-2-3-12(10-21)6-7-16(23)24/h1,4-5,9,12H,2-3,6-8,10-11H2,(H,23,24)/t12-/m1/s1. The van der Waals surface area contributed by atoms with Crippen LogP contribution >= 0.6 is 0 Å². The lowest BCUT2D eigenvalue weighted by Crippen LogP contribution is -2.42. The van der Waals surface area contributed by atoms with Gasteiger partial charge in [-0.3, -0.25) is 9.59 Å². The first-order chi connectivity index (χ1) is 11.8. The number of carbonyl (C=O) groups is 2. The minimum atomic E-state index is -4.46. The van der Waals surface area contributed by atoms with Gasteiger partial charge in [0.15, 0.2) is 6.61 Å². The third kappa shape index (κ3) is 5.95. The van der Waals surface area contributed by atoms with Gasteiger partial charge in [0.2, 0.25) is 0 Å². The molecule has 0 radical (unpaired) electrons.